The standard InChI is InChI=1S/C18H18N2O/c1-12-9-13(2)17(14(3)10-12)18-19-16(21-20-18)11-15-7-5-4-6-8-15/h4-10H,11H2,1-3H3. The van der Waals surface area contributed by atoms with Gasteiger partial charge in [-0.25, -0.2) is 0 Å². The molecular formula is C18H18N2O. The molecule has 0 amide bonds. The third-order valence-corrected chi connectivity index (χ3v) is 3.57. The highest BCUT2D eigenvalue weighted by molar-refractivity contribution is 5.64. The van der Waals surface area contributed by atoms with Gasteiger partial charge in [0.2, 0.25) is 11.7 Å². The Morgan fingerprint density at radius 1 is 0.952 bits per heavy atom. The molecule has 0 fully saturated rings. The summed E-state index contributed by atoms with van der Waals surface area (Å²) in [7, 11) is 0. The van der Waals surface area contributed by atoms with Gasteiger partial charge in [-0.1, -0.05) is 53.2 Å². The molecule has 3 aromatic rings. The summed E-state index contributed by atoms with van der Waals surface area (Å²) >= 11 is 0. The van der Waals surface area contributed by atoms with Crippen LogP contribution in [0.3, 0.4) is 0 Å². The maximum Gasteiger partial charge on any atom is 0.231 e. The molecular weight excluding hydrogens is 260 g/mol. The number of aromatic nitrogens is 2. The third kappa shape index (κ3) is 2.87. The van der Waals surface area contributed by atoms with Crippen LogP contribution >= 0.6 is 0 Å². The van der Waals surface area contributed by atoms with Crippen LogP contribution in [0.15, 0.2) is 47.0 Å². The van der Waals surface area contributed by atoms with Crippen molar-refractivity contribution in [3.05, 3.63) is 70.6 Å². The molecule has 0 N–H and O–H groups in total. The van der Waals surface area contributed by atoms with Gasteiger partial charge in [-0.05, 0) is 37.5 Å². The van der Waals surface area contributed by atoms with E-state index in [0.29, 0.717) is 18.1 Å². The van der Waals surface area contributed by atoms with Gasteiger partial charge in [-0.3, -0.25) is 0 Å². The Bertz CT molecular complexity index is 737. The first-order valence-corrected chi connectivity index (χ1v) is 7.08. The molecule has 0 aliphatic carbocycles. The molecule has 0 saturated heterocycles. The zero-order chi connectivity index (χ0) is 14.8. The third-order valence-electron chi connectivity index (χ3n) is 3.57. The number of hydrogen-bond donors (Lipinski definition) is 0. The zero-order valence-corrected chi connectivity index (χ0v) is 12.6. The smallest absolute Gasteiger partial charge is 0.231 e. The van der Waals surface area contributed by atoms with Crippen LogP contribution in [0.4, 0.5) is 0 Å². The predicted molar refractivity (Wildman–Crippen MR) is 83.2 cm³/mol. The first-order chi connectivity index (χ1) is 10.1. The van der Waals surface area contributed by atoms with E-state index in [0.717, 1.165) is 5.56 Å². The van der Waals surface area contributed by atoms with E-state index in [9.17, 15) is 0 Å². The highest BCUT2D eigenvalue weighted by Crippen LogP contribution is 2.26. The Morgan fingerprint density at radius 2 is 1.62 bits per heavy atom. The van der Waals surface area contributed by atoms with Crippen molar-refractivity contribution in [2.24, 2.45) is 0 Å². The van der Waals surface area contributed by atoms with Gasteiger partial charge < -0.3 is 4.52 Å². The molecule has 21 heavy (non-hydrogen) atoms. The second kappa shape index (κ2) is 5.52. The monoisotopic (exact) mass is 278 g/mol. The topological polar surface area (TPSA) is 38.9 Å². The van der Waals surface area contributed by atoms with Gasteiger partial charge in [0.25, 0.3) is 0 Å². The maximum absolute atomic E-state index is 5.40. The van der Waals surface area contributed by atoms with Crippen LogP contribution in [0, 0.1) is 20.8 Å². The lowest BCUT2D eigenvalue weighted by Crippen LogP contribution is -1.92. The molecule has 3 rings (SSSR count). The quantitative estimate of drug-likeness (QED) is 0.718. The van der Waals surface area contributed by atoms with Crippen LogP contribution in [0.25, 0.3) is 11.4 Å². The minimum atomic E-state index is 0.649. The minimum Gasteiger partial charge on any atom is -0.339 e. The van der Waals surface area contributed by atoms with Crippen LogP contribution in [-0.2, 0) is 6.42 Å². The van der Waals surface area contributed by atoms with Gasteiger partial charge in [0.05, 0.1) is 6.42 Å². The number of benzene rings is 2. The predicted octanol–water partition coefficient (Wildman–Crippen LogP) is 4.25. The van der Waals surface area contributed by atoms with Crippen molar-refractivity contribution < 1.29 is 4.52 Å². The molecule has 0 aliphatic rings. The van der Waals surface area contributed by atoms with Crippen LogP contribution in [-0.4, -0.2) is 10.1 Å². The lowest BCUT2D eigenvalue weighted by molar-refractivity contribution is 0.385. The Hall–Kier alpha value is -2.42. The summed E-state index contributed by atoms with van der Waals surface area (Å²) in [5, 5.41) is 4.15. The average molecular weight is 278 g/mol. The van der Waals surface area contributed by atoms with E-state index < -0.39 is 0 Å². The molecule has 3 nitrogen and oxygen atoms in total. The number of aryl methyl sites for hydroxylation is 3. The highest BCUT2D eigenvalue weighted by atomic mass is 16.5. The summed E-state index contributed by atoms with van der Waals surface area (Å²) in [5.74, 6) is 1.33. The fourth-order valence-electron chi connectivity index (χ4n) is 2.73. The molecule has 1 aromatic heterocycles. The Kier molecular flexibility index (Phi) is 3.57. The molecule has 3 heteroatoms. The van der Waals surface area contributed by atoms with E-state index in [4.69, 9.17) is 4.52 Å². The Labute approximate surface area is 124 Å². The second-order valence-corrected chi connectivity index (χ2v) is 5.45. The molecule has 2 aromatic carbocycles. The highest BCUT2D eigenvalue weighted by Gasteiger charge is 2.14. The van der Waals surface area contributed by atoms with Crippen molar-refractivity contribution in [2.45, 2.75) is 27.2 Å². The largest absolute Gasteiger partial charge is 0.339 e. The summed E-state index contributed by atoms with van der Waals surface area (Å²) in [6.07, 6.45) is 0.664. The zero-order valence-electron chi connectivity index (χ0n) is 12.6. The van der Waals surface area contributed by atoms with Crippen molar-refractivity contribution in [3.8, 4) is 11.4 Å². The Balaban J connectivity index is 1.92. The van der Waals surface area contributed by atoms with Crippen LogP contribution in [0.5, 0.6) is 0 Å². The van der Waals surface area contributed by atoms with E-state index in [1.165, 1.54) is 22.3 Å². The van der Waals surface area contributed by atoms with Crippen molar-refractivity contribution in [1.29, 1.82) is 0 Å². The molecule has 0 bridgehead atoms. The van der Waals surface area contributed by atoms with Crippen molar-refractivity contribution in [1.82, 2.24) is 10.1 Å². The van der Waals surface area contributed by atoms with Gasteiger partial charge in [-0.2, -0.15) is 4.98 Å². The van der Waals surface area contributed by atoms with Crippen molar-refractivity contribution in [3.63, 3.8) is 0 Å². The lowest BCUT2D eigenvalue weighted by Gasteiger charge is -2.06. The van der Waals surface area contributed by atoms with E-state index in [2.05, 4.69) is 55.2 Å². The van der Waals surface area contributed by atoms with Crippen molar-refractivity contribution in [2.75, 3.05) is 0 Å². The second-order valence-electron chi connectivity index (χ2n) is 5.45. The Morgan fingerprint density at radius 3 is 2.29 bits per heavy atom. The summed E-state index contributed by atoms with van der Waals surface area (Å²) in [4.78, 5) is 4.55. The van der Waals surface area contributed by atoms with Gasteiger partial charge in [0, 0.05) is 5.56 Å². The number of hydrogen-bond acceptors (Lipinski definition) is 3. The molecule has 0 spiro atoms. The number of nitrogens with zero attached hydrogens (tertiary/aromatic N) is 2. The maximum atomic E-state index is 5.40. The lowest BCUT2D eigenvalue weighted by atomic mass is 9.99. The van der Waals surface area contributed by atoms with Gasteiger partial charge >= 0.3 is 0 Å². The molecule has 0 atom stereocenters. The fraction of sp³-hybridized carbons (Fsp3) is 0.222. The first kappa shape index (κ1) is 13.6. The molecule has 0 radical (unpaired) electrons. The molecule has 106 valence electrons. The molecule has 0 aliphatic heterocycles. The van der Waals surface area contributed by atoms with Gasteiger partial charge in [-0.15, -0.1) is 0 Å². The van der Waals surface area contributed by atoms with Crippen molar-refractivity contribution >= 4 is 0 Å². The minimum absolute atomic E-state index is 0.649. The summed E-state index contributed by atoms with van der Waals surface area (Å²) in [5.41, 5.74) is 5.86. The van der Waals surface area contributed by atoms with Gasteiger partial charge in [0.15, 0.2) is 0 Å². The molecule has 0 saturated carbocycles. The van der Waals surface area contributed by atoms with E-state index in [1.54, 1.807) is 0 Å². The first-order valence-electron chi connectivity index (χ1n) is 7.08. The van der Waals surface area contributed by atoms with E-state index in [-0.39, 0.29) is 0 Å². The normalized spacial score (nSPS) is 10.8. The summed E-state index contributed by atoms with van der Waals surface area (Å²) in [6.45, 7) is 6.27. The van der Waals surface area contributed by atoms with Gasteiger partial charge in [0.1, 0.15) is 0 Å². The van der Waals surface area contributed by atoms with E-state index in [1.807, 2.05) is 18.2 Å². The average Bonchev–Trinajstić information content (AvgIpc) is 2.87. The van der Waals surface area contributed by atoms with Crippen LogP contribution in [0.1, 0.15) is 28.1 Å². The van der Waals surface area contributed by atoms with Crippen LogP contribution in [0.2, 0.25) is 0 Å². The summed E-state index contributed by atoms with van der Waals surface area (Å²) in [6, 6.07) is 14.5. The van der Waals surface area contributed by atoms with Crippen LogP contribution < -0.4 is 0 Å². The molecule has 1 heterocycles. The van der Waals surface area contributed by atoms with E-state index >= 15 is 0 Å². The molecule has 0 unspecified atom stereocenters. The fourth-order valence-corrected chi connectivity index (χ4v) is 2.73. The number of rotatable bonds is 3. The summed E-state index contributed by atoms with van der Waals surface area (Å²) < 4.78 is 5.40. The SMILES string of the molecule is Cc1cc(C)c(-c2noc(Cc3ccccc3)n2)c(C)c1.